The van der Waals surface area contributed by atoms with Gasteiger partial charge in [-0.25, -0.2) is 4.40 Å². The van der Waals surface area contributed by atoms with Crippen LogP contribution in [0.5, 0.6) is 0 Å². The number of anilines is 1. The average molecular weight is 543 g/mol. The van der Waals surface area contributed by atoms with Crippen molar-refractivity contribution in [3.05, 3.63) is 76.2 Å². The second kappa shape index (κ2) is 11.4. The Hall–Kier alpha value is -3.62. The Morgan fingerprint density at radius 1 is 1.16 bits per heavy atom. The molecule has 4 rings (SSSR count). The van der Waals surface area contributed by atoms with E-state index in [2.05, 4.69) is 9.71 Å². The fourth-order valence-electron chi connectivity index (χ4n) is 4.73. The van der Waals surface area contributed by atoms with Crippen LogP contribution in [0.25, 0.3) is 0 Å². The monoisotopic (exact) mass is 542 g/mol. The first-order chi connectivity index (χ1) is 18.1. The molecule has 0 bridgehead atoms. The summed E-state index contributed by atoms with van der Waals surface area (Å²) in [6.07, 6.45) is -2.07. The highest BCUT2D eigenvalue weighted by molar-refractivity contribution is 8.01. The van der Waals surface area contributed by atoms with Gasteiger partial charge in [-0.2, -0.15) is 18.4 Å². The number of rotatable bonds is 6. The molecule has 1 saturated heterocycles. The molecule has 2 aliphatic rings. The highest BCUT2D eigenvalue weighted by atomic mass is 32.2. The summed E-state index contributed by atoms with van der Waals surface area (Å²) in [6, 6.07) is 13.2. The number of hydrogen-bond donors (Lipinski definition) is 2. The summed E-state index contributed by atoms with van der Waals surface area (Å²) in [4.78, 5) is 28.0. The number of nitriles is 1. The van der Waals surface area contributed by atoms with Crippen molar-refractivity contribution in [1.29, 1.82) is 5.26 Å². The highest BCUT2D eigenvalue weighted by Crippen LogP contribution is 2.36. The second-order valence-corrected chi connectivity index (χ2v) is 9.88. The Balaban J connectivity index is 1.55. The summed E-state index contributed by atoms with van der Waals surface area (Å²) in [5.41, 5.74) is -2.55. The van der Waals surface area contributed by atoms with Gasteiger partial charge in [-0.3, -0.25) is 9.59 Å². The number of carbonyl (C=O) groups is 2. The summed E-state index contributed by atoms with van der Waals surface area (Å²) < 4.78 is 44.3. The number of nitrogens with one attached hydrogen (secondary N) is 1. The summed E-state index contributed by atoms with van der Waals surface area (Å²) in [5, 5.41) is 25.0. The third kappa shape index (κ3) is 6.09. The summed E-state index contributed by atoms with van der Waals surface area (Å²) in [5.74, 6) is -1.51. The summed E-state index contributed by atoms with van der Waals surface area (Å²) in [7, 11) is 0. The number of aliphatic hydroxyl groups is 1. The molecule has 1 unspecified atom stereocenters. The molecule has 0 aromatic heterocycles. The maximum absolute atomic E-state index is 13.5. The predicted octanol–water partition coefficient (Wildman–Crippen LogP) is 4.73. The zero-order valence-electron chi connectivity index (χ0n) is 20.2. The first-order valence-electron chi connectivity index (χ1n) is 12.0. The quantitative estimate of drug-likeness (QED) is 0.514. The molecule has 2 aromatic rings. The molecule has 11 heteroatoms. The number of amides is 2. The molecule has 0 spiro atoms. The fourth-order valence-corrected chi connectivity index (χ4v) is 5.28. The van der Waals surface area contributed by atoms with Crippen LogP contribution < -0.4 is 5.32 Å². The van der Waals surface area contributed by atoms with E-state index in [1.807, 2.05) is 0 Å². The lowest BCUT2D eigenvalue weighted by atomic mass is 9.76. The fraction of sp³-hybridized carbons (Fsp3) is 0.333. The number of piperidine rings is 1. The molecular formula is C27H25F3N4O3S. The van der Waals surface area contributed by atoms with E-state index < -0.39 is 34.7 Å². The van der Waals surface area contributed by atoms with Gasteiger partial charge in [0.15, 0.2) is 0 Å². The molecule has 198 valence electrons. The van der Waals surface area contributed by atoms with Gasteiger partial charge in [-0.1, -0.05) is 30.3 Å². The van der Waals surface area contributed by atoms with Gasteiger partial charge >= 0.3 is 6.18 Å². The number of likely N-dealkylation sites (tertiary alicyclic amines) is 1. The molecule has 2 amide bonds. The molecule has 38 heavy (non-hydrogen) atoms. The minimum atomic E-state index is -4.79. The lowest BCUT2D eigenvalue weighted by molar-refractivity contribution is -0.144. The molecule has 2 aliphatic heterocycles. The largest absolute Gasteiger partial charge is 0.417 e. The highest BCUT2D eigenvalue weighted by Gasteiger charge is 2.46. The van der Waals surface area contributed by atoms with Crippen molar-refractivity contribution in [1.82, 2.24) is 4.90 Å². The van der Waals surface area contributed by atoms with Gasteiger partial charge in [0.1, 0.15) is 5.60 Å². The SMILES string of the molecule is N#Cc1ccc(NC(=O)C(O)(Cc2ccccc2)C2CCN(C(=O)C3=CSN=CC3)CC2)cc1C(F)(F)F. The van der Waals surface area contributed by atoms with Crippen LogP contribution in [0.15, 0.2) is 63.9 Å². The van der Waals surface area contributed by atoms with Crippen LogP contribution >= 0.6 is 11.9 Å². The number of carbonyl (C=O) groups excluding carboxylic acids is 2. The van der Waals surface area contributed by atoms with Gasteiger partial charge in [-0.05, 0) is 36.6 Å². The van der Waals surface area contributed by atoms with E-state index in [1.165, 1.54) is 24.1 Å². The lowest BCUT2D eigenvalue weighted by Gasteiger charge is -2.41. The Morgan fingerprint density at radius 3 is 2.47 bits per heavy atom. The summed E-state index contributed by atoms with van der Waals surface area (Å²) in [6.45, 7) is 0.643. The van der Waals surface area contributed by atoms with E-state index in [0.717, 1.165) is 6.07 Å². The average Bonchev–Trinajstić information content (AvgIpc) is 2.93. The zero-order chi connectivity index (χ0) is 27.3. The van der Waals surface area contributed by atoms with Gasteiger partial charge in [0.25, 0.3) is 11.8 Å². The van der Waals surface area contributed by atoms with Crippen molar-refractivity contribution in [2.45, 2.75) is 37.5 Å². The minimum Gasteiger partial charge on any atom is -0.379 e. The molecule has 2 heterocycles. The third-order valence-corrected chi connectivity index (χ3v) is 7.45. The third-order valence-electron chi connectivity index (χ3n) is 6.79. The number of nitrogens with zero attached hydrogens (tertiary/aromatic N) is 3. The van der Waals surface area contributed by atoms with Crippen LogP contribution in [-0.2, 0) is 22.2 Å². The van der Waals surface area contributed by atoms with E-state index in [0.29, 0.717) is 49.6 Å². The van der Waals surface area contributed by atoms with E-state index in [-0.39, 0.29) is 18.0 Å². The van der Waals surface area contributed by atoms with Crippen LogP contribution in [0, 0.1) is 17.2 Å². The van der Waals surface area contributed by atoms with E-state index in [9.17, 15) is 27.9 Å². The van der Waals surface area contributed by atoms with Crippen LogP contribution in [0.2, 0.25) is 0 Å². The van der Waals surface area contributed by atoms with Crippen LogP contribution in [0.1, 0.15) is 36.0 Å². The Kier molecular flexibility index (Phi) is 8.23. The molecule has 0 radical (unpaired) electrons. The van der Waals surface area contributed by atoms with Gasteiger partial charge < -0.3 is 15.3 Å². The normalized spacial score (nSPS) is 17.8. The van der Waals surface area contributed by atoms with Crippen LogP contribution in [0.4, 0.5) is 18.9 Å². The second-order valence-electron chi connectivity index (χ2n) is 9.22. The lowest BCUT2D eigenvalue weighted by Crippen LogP contribution is -2.54. The van der Waals surface area contributed by atoms with Crippen molar-refractivity contribution in [3.63, 3.8) is 0 Å². The van der Waals surface area contributed by atoms with Gasteiger partial charge in [-0.15, -0.1) is 0 Å². The van der Waals surface area contributed by atoms with Crippen molar-refractivity contribution in [2.24, 2.45) is 10.3 Å². The van der Waals surface area contributed by atoms with Crippen LogP contribution in [0.3, 0.4) is 0 Å². The van der Waals surface area contributed by atoms with Crippen molar-refractivity contribution in [2.75, 3.05) is 18.4 Å². The number of halogens is 3. The first kappa shape index (κ1) is 27.4. The molecule has 1 fully saturated rings. The molecule has 2 N–H and O–H groups in total. The summed E-state index contributed by atoms with van der Waals surface area (Å²) >= 11 is 1.19. The number of hydrogen-bond acceptors (Lipinski definition) is 6. The van der Waals surface area contributed by atoms with Gasteiger partial charge in [0, 0.05) is 66.7 Å². The first-order valence-corrected chi connectivity index (χ1v) is 12.8. The van der Waals surface area contributed by atoms with Crippen LogP contribution in [-0.4, -0.2) is 46.7 Å². The maximum Gasteiger partial charge on any atom is 0.417 e. The van der Waals surface area contributed by atoms with E-state index >= 15 is 0 Å². The van der Waals surface area contributed by atoms with E-state index in [4.69, 9.17) is 5.26 Å². The maximum atomic E-state index is 13.5. The molecule has 2 aromatic carbocycles. The van der Waals surface area contributed by atoms with E-state index in [1.54, 1.807) is 46.9 Å². The molecule has 0 aliphatic carbocycles. The molecule has 0 saturated carbocycles. The molecule has 7 nitrogen and oxygen atoms in total. The number of benzene rings is 2. The minimum absolute atomic E-state index is 0.0566. The topological polar surface area (TPSA) is 106 Å². The zero-order valence-corrected chi connectivity index (χ0v) is 21.1. The molecular weight excluding hydrogens is 517 g/mol. The Labute approximate surface area is 222 Å². The predicted molar refractivity (Wildman–Crippen MR) is 138 cm³/mol. The standard InChI is InChI=1S/C27H25F3N4O3S/c28-27(29,30)23-14-22(7-6-19(23)16-31)33-25(36)26(37,15-18-4-2-1-3-5-18)21-9-12-34(13-10-21)24(35)20-8-11-32-38-17-20/h1-7,11,14,17,21,37H,8-10,12-13,15H2,(H,33,36). The Bertz CT molecular complexity index is 1300. The molecule has 1 atom stereocenters. The van der Waals surface area contributed by atoms with Crippen molar-refractivity contribution >= 4 is 35.7 Å². The van der Waals surface area contributed by atoms with Gasteiger partial charge in [0.05, 0.1) is 17.2 Å². The Morgan fingerprint density at radius 2 is 1.87 bits per heavy atom. The number of alkyl halides is 3. The van der Waals surface area contributed by atoms with Crippen molar-refractivity contribution in [3.8, 4) is 6.07 Å². The smallest absolute Gasteiger partial charge is 0.379 e. The van der Waals surface area contributed by atoms with Crippen molar-refractivity contribution < 1.29 is 27.9 Å². The van der Waals surface area contributed by atoms with Gasteiger partial charge in [0.2, 0.25) is 0 Å².